The molecule has 3 rings (SSSR count). The van der Waals surface area contributed by atoms with E-state index in [2.05, 4.69) is 19.1 Å². The number of carbonyl (C=O) groups is 1. The lowest BCUT2D eigenvalue weighted by Crippen LogP contribution is -2.41. The number of benzene rings is 2. The van der Waals surface area contributed by atoms with E-state index in [0.29, 0.717) is 10.6 Å². The molecule has 0 spiro atoms. The van der Waals surface area contributed by atoms with Crippen molar-refractivity contribution in [3.05, 3.63) is 64.4 Å². The van der Waals surface area contributed by atoms with E-state index in [0.717, 1.165) is 28.7 Å². The summed E-state index contributed by atoms with van der Waals surface area (Å²) in [5.74, 6) is 0.145. The number of aryl methyl sites for hydroxylation is 1. The van der Waals surface area contributed by atoms with Gasteiger partial charge >= 0.3 is 0 Å². The number of thioether (sulfide) groups is 1. The fraction of sp³-hybridized carbons (Fsp3) is 0.348. The minimum atomic E-state index is -0.591. The number of aliphatic hydroxyl groups excluding tert-OH is 1. The van der Waals surface area contributed by atoms with Gasteiger partial charge in [0, 0.05) is 5.02 Å². The summed E-state index contributed by atoms with van der Waals surface area (Å²) in [5.41, 5.74) is 4.37. The minimum Gasteiger partial charge on any atom is -0.510 e. The average molecular weight is 401 g/mol. The van der Waals surface area contributed by atoms with E-state index in [4.69, 9.17) is 11.6 Å². The highest BCUT2D eigenvalue weighted by molar-refractivity contribution is 8.03. The summed E-state index contributed by atoms with van der Waals surface area (Å²) < 4.78 is -1.11. The Morgan fingerprint density at radius 1 is 0.963 bits per heavy atom. The number of aliphatic hydroxyl groups is 1. The normalized spacial score (nSPS) is 18.7. The van der Waals surface area contributed by atoms with Gasteiger partial charge in [0.2, 0.25) is 0 Å². The van der Waals surface area contributed by atoms with Gasteiger partial charge in [0.25, 0.3) is 0 Å². The van der Waals surface area contributed by atoms with Crippen LogP contribution in [0.2, 0.25) is 5.02 Å². The third kappa shape index (κ3) is 3.68. The zero-order chi connectivity index (χ0) is 20.0. The molecule has 0 atom stereocenters. The Morgan fingerprint density at radius 3 is 2.15 bits per heavy atom. The number of halogens is 1. The van der Waals surface area contributed by atoms with Crippen LogP contribution in [-0.2, 0) is 11.2 Å². The first kappa shape index (κ1) is 20.0. The zero-order valence-corrected chi connectivity index (χ0v) is 18.0. The van der Waals surface area contributed by atoms with Crippen LogP contribution in [0, 0.1) is 0 Å². The van der Waals surface area contributed by atoms with Gasteiger partial charge in [-0.1, -0.05) is 42.8 Å². The lowest BCUT2D eigenvalue weighted by Gasteiger charge is -2.39. The first-order chi connectivity index (χ1) is 12.6. The highest BCUT2D eigenvalue weighted by Crippen LogP contribution is 2.50. The maximum atomic E-state index is 13.3. The SMILES string of the molecule is CCc1ccc(-c2ccc(Cl)cc2)cc1C1=C(O)C(C)(C)SC(C)(C)C1=O. The molecule has 1 aliphatic heterocycles. The van der Waals surface area contributed by atoms with Gasteiger partial charge in [-0.25, -0.2) is 0 Å². The van der Waals surface area contributed by atoms with Crippen molar-refractivity contribution in [3.63, 3.8) is 0 Å². The summed E-state index contributed by atoms with van der Waals surface area (Å²) in [4.78, 5) is 13.3. The van der Waals surface area contributed by atoms with Crippen LogP contribution >= 0.6 is 23.4 Å². The van der Waals surface area contributed by atoms with Gasteiger partial charge in [-0.3, -0.25) is 4.79 Å². The molecular formula is C23H25ClO2S. The summed E-state index contributed by atoms with van der Waals surface area (Å²) in [7, 11) is 0. The van der Waals surface area contributed by atoms with Crippen LogP contribution in [0.15, 0.2) is 48.2 Å². The van der Waals surface area contributed by atoms with Gasteiger partial charge in [0.1, 0.15) is 5.76 Å². The van der Waals surface area contributed by atoms with Gasteiger partial charge in [-0.15, -0.1) is 11.8 Å². The molecule has 0 saturated carbocycles. The predicted molar refractivity (Wildman–Crippen MR) is 117 cm³/mol. The van der Waals surface area contributed by atoms with E-state index in [9.17, 15) is 9.90 Å². The number of allylic oxidation sites excluding steroid dienone is 1. The fourth-order valence-corrected chi connectivity index (χ4v) is 5.43. The van der Waals surface area contributed by atoms with E-state index in [1.165, 1.54) is 11.8 Å². The summed E-state index contributed by atoms with van der Waals surface area (Å²) >= 11 is 7.52. The molecule has 0 saturated heterocycles. The van der Waals surface area contributed by atoms with Crippen molar-refractivity contribution in [1.29, 1.82) is 0 Å². The van der Waals surface area contributed by atoms with Crippen molar-refractivity contribution in [2.24, 2.45) is 0 Å². The van der Waals surface area contributed by atoms with E-state index in [1.54, 1.807) is 0 Å². The second-order valence-corrected chi connectivity index (χ2v) is 10.6. The molecule has 0 radical (unpaired) electrons. The van der Waals surface area contributed by atoms with Gasteiger partial charge in [0.05, 0.1) is 15.1 Å². The summed E-state index contributed by atoms with van der Waals surface area (Å²) in [5, 5.41) is 11.7. The van der Waals surface area contributed by atoms with E-state index in [1.807, 2.05) is 58.0 Å². The number of Topliss-reactive ketones (excluding diaryl/α,β-unsaturated/α-hetero) is 1. The summed E-state index contributed by atoms with van der Waals surface area (Å²) in [6, 6.07) is 13.8. The Hall–Kier alpha value is -1.71. The standard InChI is InChI=1S/C23H25ClO2S/c1-6-14-7-8-16(15-9-11-17(24)12-10-15)13-18(14)19-20(25)22(2,3)27-23(4,5)21(19)26/h7-13,25H,6H2,1-5H3. The van der Waals surface area contributed by atoms with Crippen LogP contribution in [0.1, 0.15) is 45.7 Å². The molecule has 2 aromatic rings. The molecule has 0 aromatic heterocycles. The highest BCUT2D eigenvalue weighted by Gasteiger charge is 2.46. The first-order valence-electron chi connectivity index (χ1n) is 9.15. The molecule has 0 unspecified atom stereocenters. The molecule has 0 aliphatic carbocycles. The molecule has 142 valence electrons. The van der Waals surface area contributed by atoms with Gasteiger partial charge in [-0.05, 0) is 74.6 Å². The van der Waals surface area contributed by atoms with Crippen LogP contribution < -0.4 is 0 Å². The van der Waals surface area contributed by atoms with Crippen LogP contribution in [0.5, 0.6) is 0 Å². The Kier molecular flexibility index (Phi) is 5.22. The Labute approximate surface area is 170 Å². The third-order valence-corrected chi connectivity index (χ3v) is 6.68. The lowest BCUT2D eigenvalue weighted by molar-refractivity contribution is -0.115. The molecule has 2 aromatic carbocycles. The van der Waals surface area contributed by atoms with Crippen LogP contribution in [0.4, 0.5) is 0 Å². The Morgan fingerprint density at radius 2 is 1.56 bits per heavy atom. The third-order valence-electron chi connectivity index (χ3n) is 5.03. The maximum absolute atomic E-state index is 13.3. The lowest BCUT2D eigenvalue weighted by atomic mass is 9.85. The minimum absolute atomic E-state index is 0.0210. The van der Waals surface area contributed by atoms with E-state index in [-0.39, 0.29) is 11.5 Å². The number of ketones is 1. The number of rotatable bonds is 3. The zero-order valence-electron chi connectivity index (χ0n) is 16.4. The molecule has 0 fully saturated rings. The number of carbonyl (C=O) groups excluding carboxylic acids is 1. The van der Waals surface area contributed by atoms with Crippen molar-refractivity contribution >= 4 is 34.7 Å². The average Bonchev–Trinajstić information content (AvgIpc) is 2.60. The maximum Gasteiger partial charge on any atom is 0.182 e. The highest BCUT2D eigenvalue weighted by atomic mass is 35.5. The quantitative estimate of drug-likeness (QED) is 0.621. The first-order valence-corrected chi connectivity index (χ1v) is 10.3. The van der Waals surface area contributed by atoms with Crippen molar-refractivity contribution in [2.75, 3.05) is 0 Å². The monoisotopic (exact) mass is 400 g/mol. The fourth-order valence-electron chi connectivity index (χ4n) is 3.63. The largest absolute Gasteiger partial charge is 0.510 e. The molecule has 0 amide bonds. The van der Waals surface area contributed by atoms with Crippen molar-refractivity contribution < 1.29 is 9.90 Å². The molecule has 1 aliphatic rings. The van der Waals surface area contributed by atoms with Gasteiger partial charge in [-0.2, -0.15) is 0 Å². The van der Waals surface area contributed by atoms with Crippen LogP contribution in [-0.4, -0.2) is 20.4 Å². The van der Waals surface area contributed by atoms with Crippen molar-refractivity contribution in [3.8, 4) is 11.1 Å². The molecule has 0 bridgehead atoms. The number of hydrogen-bond acceptors (Lipinski definition) is 3. The molecule has 1 heterocycles. The molecule has 1 N–H and O–H groups in total. The van der Waals surface area contributed by atoms with Crippen molar-refractivity contribution in [1.82, 2.24) is 0 Å². The smallest absolute Gasteiger partial charge is 0.182 e. The molecule has 27 heavy (non-hydrogen) atoms. The second-order valence-electron chi connectivity index (χ2n) is 7.91. The van der Waals surface area contributed by atoms with E-state index >= 15 is 0 Å². The summed E-state index contributed by atoms with van der Waals surface area (Å²) in [6.07, 6.45) is 0.786. The van der Waals surface area contributed by atoms with Crippen LogP contribution in [0.25, 0.3) is 16.7 Å². The Balaban J connectivity index is 2.24. The summed E-state index contributed by atoms with van der Waals surface area (Å²) in [6.45, 7) is 9.87. The van der Waals surface area contributed by atoms with Crippen LogP contribution in [0.3, 0.4) is 0 Å². The Bertz CT molecular complexity index is 924. The number of hydrogen-bond donors (Lipinski definition) is 1. The molecule has 4 heteroatoms. The molecular weight excluding hydrogens is 376 g/mol. The van der Waals surface area contributed by atoms with Crippen molar-refractivity contribution in [2.45, 2.75) is 50.5 Å². The predicted octanol–water partition coefficient (Wildman–Crippen LogP) is 6.71. The van der Waals surface area contributed by atoms with E-state index < -0.39 is 9.49 Å². The molecule has 2 nitrogen and oxygen atoms in total. The second kappa shape index (κ2) is 7.03. The topological polar surface area (TPSA) is 37.3 Å². The van der Waals surface area contributed by atoms with Gasteiger partial charge in [0.15, 0.2) is 5.78 Å². The van der Waals surface area contributed by atoms with Gasteiger partial charge < -0.3 is 5.11 Å².